The summed E-state index contributed by atoms with van der Waals surface area (Å²) in [5, 5.41) is 1.82. The molecule has 35 heavy (non-hydrogen) atoms. The Labute approximate surface area is 211 Å². The van der Waals surface area contributed by atoms with Crippen LogP contribution in [0.15, 0.2) is 70.6 Å². The van der Waals surface area contributed by atoms with Crippen molar-refractivity contribution in [3.8, 4) is 0 Å². The molecule has 0 unspecified atom stereocenters. The van der Waals surface area contributed by atoms with E-state index in [9.17, 15) is 4.79 Å². The summed E-state index contributed by atoms with van der Waals surface area (Å²) < 4.78 is 2.18. The van der Waals surface area contributed by atoms with Crippen molar-refractivity contribution in [1.82, 2.24) is 4.57 Å². The molecule has 176 valence electrons. The van der Waals surface area contributed by atoms with Crippen LogP contribution in [0, 0.1) is 34.6 Å². The number of rotatable bonds is 3. The highest BCUT2D eigenvalue weighted by Gasteiger charge is 2.35. The SMILES string of the molecule is Cc1ccc(N=C2S/C(=C\c3c(C)n(C)c4ccccc34)C(=O)N2c2ccc(C)c(C)c2)cc1C. The summed E-state index contributed by atoms with van der Waals surface area (Å²) in [7, 11) is 2.07. The number of nitrogens with zero attached hydrogens (tertiary/aromatic N) is 3. The van der Waals surface area contributed by atoms with Gasteiger partial charge in [-0.05, 0) is 105 Å². The quantitative estimate of drug-likeness (QED) is 0.285. The molecule has 1 fully saturated rings. The van der Waals surface area contributed by atoms with Crippen LogP contribution in [0.25, 0.3) is 17.0 Å². The van der Waals surface area contributed by atoms with Crippen molar-refractivity contribution in [2.45, 2.75) is 34.6 Å². The number of aliphatic imine (C=N–C) groups is 1. The van der Waals surface area contributed by atoms with Crippen LogP contribution in [0.5, 0.6) is 0 Å². The van der Waals surface area contributed by atoms with Crippen LogP contribution in [-0.2, 0) is 11.8 Å². The van der Waals surface area contributed by atoms with E-state index >= 15 is 0 Å². The van der Waals surface area contributed by atoms with Crippen molar-refractivity contribution < 1.29 is 4.79 Å². The maximum atomic E-state index is 13.8. The van der Waals surface area contributed by atoms with Crippen molar-refractivity contribution in [2.75, 3.05) is 4.90 Å². The molecule has 1 aliphatic rings. The van der Waals surface area contributed by atoms with Gasteiger partial charge in [0.2, 0.25) is 0 Å². The Morgan fingerprint density at radius 1 is 0.829 bits per heavy atom. The lowest BCUT2D eigenvalue weighted by atomic mass is 10.1. The third-order valence-corrected chi connectivity index (χ3v) is 7.96. The fourth-order valence-corrected chi connectivity index (χ4v) is 5.39. The first-order valence-electron chi connectivity index (χ1n) is 11.8. The van der Waals surface area contributed by atoms with E-state index in [0.717, 1.165) is 39.1 Å². The van der Waals surface area contributed by atoms with Crippen LogP contribution in [0.1, 0.15) is 33.5 Å². The maximum Gasteiger partial charge on any atom is 0.271 e. The third-order valence-electron chi connectivity index (χ3n) is 6.99. The van der Waals surface area contributed by atoms with Crippen molar-refractivity contribution in [3.05, 3.63) is 99.1 Å². The van der Waals surface area contributed by atoms with Gasteiger partial charge in [0.05, 0.1) is 16.3 Å². The Morgan fingerprint density at radius 3 is 2.23 bits per heavy atom. The smallest absolute Gasteiger partial charge is 0.271 e. The normalized spacial score (nSPS) is 16.3. The fourth-order valence-electron chi connectivity index (χ4n) is 4.41. The molecule has 4 aromatic rings. The van der Waals surface area contributed by atoms with Gasteiger partial charge in [0, 0.05) is 29.2 Å². The van der Waals surface area contributed by atoms with E-state index in [4.69, 9.17) is 4.99 Å². The minimum Gasteiger partial charge on any atom is -0.347 e. The van der Waals surface area contributed by atoms with Gasteiger partial charge in [-0.2, -0.15) is 0 Å². The molecule has 3 aromatic carbocycles. The first-order valence-corrected chi connectivity index (χ1v) is 12.6. The number of thioether (sulfide) groups is 1. The zero-order valence-corrected chi connectivity index (χ0v) is 21.8. The number of hydrogen-bond acceptors (Lipinski definition) is 3. The number of para-hydroxylation sites is 1. The average molecular weight is 480 g/mol. The average Bonchev–Trinajstić information content (AvgIpc) is 3.27. The molecule has 0 bridgehead atoms. The summed E-state index contributed by atoms with van der Waals surface area (Å²) in [6, 6.07) is 20.6. The summed E-state index contributed by atoms with van der Waals surface area (Å²) >= 11 is 1.44. The molecule has 0 atom stereocenters. The molecule has 0 N–H and O–H groups in total. The zero-order chi connectivity index (χ0) is 24.9. The van der Waals surface area contributed by atoms with Gasteiger partial charge in [-0.1, -0.05) is 30.3 Å². The molecule has 5 heteroatoms. The molecule has 1 aliphatic heterocycles. The number of carbonyl (C=O) groups excluding carboxylic acids is 1. The van der Waals surface area contributed by atoms with Crippen LogP contribution in [0.3, 0.4) is 0 Å². The van der Waals surface area contributed by atoms with E-state index in [0.29, 0.717) is 10.1 Å². The number of aromatic nitrogens is 1. The largest absolute Gasteiger partial charge is 0.347 e. The van der Waals surface area contributed by atoms with Crippen molar-refractivity contribution in [2.24, 2.45) is 12.0 Å². The Kier molecular flexibility index (Phi) is 5.89. The van der Waals surface area contributed by atoms with E-state index in [1.807, 2.05) is 30.3 Å². The number of anilines is 1. The number of amides is 1. The van der Waals surface area contributed by atoms with Gasteiger partial charge >= 0.3 is 0 Å². The summed E-state index contributed by atoms with van der Waals surface area (Å²) in [5.41, 5.74) is 9.79. The number of fused-ring (bicyclic) bond motifs is 1. The molecule has 1 amide bonds. The molecular weight excluding hydrogens is 450 g/mol. The van der Waals surface area contributed by atoms with Gasteiger partial charge in [-0.25, -0.2) is 4.99 Å². The van der Waals surface area contributed by atoms with Gasteiger partial charge in [-0.15, -0.1) is 0 Å². The summed E-state index contributed by atoms with van der Waals surface area (Å²) in [6.45, 7) is 10.4. The van der Waals surface area contributed by atoms with Crippen molar-refractivity contribution >= 4 is 51.2 Å². The lowest BCUT2D eigenvalue weighted by molar-refractivity contribution is -0.113. The van der Waals surface area contributed by atoms with Crippen molar-refractivity contribution in [1.29, 1.82) is 0 Å². The van der Waals surface area contributed by atoms with Crippen LogP contribution in [0.4, 0.5) is 11.4 Å². The fraction of sp³-hybridized carbons (Fsp3) is 0.200. The summed E-state index contributed by atoms with van der Waals surface area (Å²) in [6.07, 6.45) is 2.03. The maximum absolute atomic E-state index is 13.8. The van der Waals surface area contributed by atoms with E-state index in [-0.39, 0.29) is 5.91 Å². The molecule has 5 rings (SSSR count). The number of hydrogen-bond donors (Lipinski definition) is 0. The molecule has 0 aliphatic carbocycles. The van der Waals surface area contributed by atoms with Gasteiger partial charge in [-0.3, -0.25) is 9.69 Å². The molecule has 1 saturated heterocycles. The van der Waals surface area contributed by atoms with E-state index < -0.39 is 0 Å². The van der Waals surface area contributed by atoms with Crippen LogP contribution in [0.2, 0.25) is 0 Å². The Morgan fingerprint density at radius 2 is 1.51 bits per heavy atom. The van der Waals surface area contributed by atoms with Gasteiger partial charge < -0.3 is 4.57 Å². The Hall–Kier alpha value is -3.57. The Bertz CT molecular complexity index is 1560. The Balaban J connectivity index is 1.66. The lowest BCUT2D eigenvalue weighted by Crippen LogP contribution is -2.28. The minimum absolute atomic E-state index is 0.0480. The number of amidine groups is 1. The highest BCUT2D eigenvalue weighted by Crippen LogP contribution is 2.39. The monoisotopic (exact) mass is 479 g/mol. The number of benzene rings is 3. The number of aryl methyl sites for hydroxylation is 5. The molecule has 2 heterocycles. The summed E-state index contributed by atoms with van der Waals surface area (Å²) in [5.74, 6) is -0.0480. The predicted octanol–water partition coefficient (Wildman–Crippen LogP) is 7.53. The molecule has 0 radical (unpaired) electrons. The van der Waals surface area contributed by atoms with Gasteiger partial charge in [0.25, 0.3) is 5.91 Å². The first-order chi connectivity index (χ1) is 16.7. The minimum atomic E-state index is -0.0480. The standard InChI is InChI=1S/C30H29N3OS/c1-18-11-13-23(15-20(18)3)31-30-33(24-14-12-19(2)21(4)16-24)29(34)28(35-30)17-26-22(5)32(6)27-10-8-7-9-25(26)27/h7-17H,1-6H3/b28-17-,31-30?. The van der Waals surface area contributed by atoms with Crippen LogP contribution < -0.4 is 4.90 Å². The van der Waals surface area contributed by atoms with Gasteiger partial charge in [0.1, 0.15) is 0 Å². The lowest BCUT2D eigenvalue weighted by Gasteiger charge is -2.17. The van der Waals surface area contributed by atoms with Gasteiger partial charge in [0.15, 0.2) is 5.17 Å². The summed E-state index contributed by atoms with van der Waals surface area (Å²) in [4.78, 5) is 21.2. The second-order valence-electron chi connectivity index (χ2n) is 9.26. The van der Waals surface area contributed by atoms with Crippen molar-refractivity contribution in [3.63, 3.8) is 0 Å². The second-order valence-corrected chi connectivity index (χ2v) is 10.3. The highest BCUT2D eigenvalue weighted by molar-refractivity contribution is 8.19. The van der Waals surface area contributed by atoms with E-state index in [1.54, 1.807) is 4.90 Å². The molecule has 4 nitrogen and oxygen atoms in total. The first kappa shape index (κ1) is 23.2. The highest BCUT2D eigenvalue weighted by atomic mass is 32.2. The zero-order valence-electron chi connectivity index (χ0n) is 21.0. The third kappa shape index (κ3) is 4.10. The molecule has 0 saturated carbocycles. The molecule has 0 spiro atoms. The topological polar surface area (TPSA) is 37.6 Å². The number of carbonyl (C=O) groups is 1. The van der Waals surface area contributed by atoms with E-state index in [2.05, 4.69) is 82.6 Å². The van der Waals surface area contributed by atoms with Crippen LogP contribution >= 0.6 is 11.8 Å². The second kappa shape index (κ2) is 8.90. The van der Waals surface area contributed by atoms with E-state index in [1.165, 1.54) is 28.5 Å². The van der Waals surface area contributed by atoms with Crippen LogP contribution in [-0.4, -0.2) is 15.6 Å². The molecular formula is C30H29N3OS. The predicted molar refractivity (Wildman–Crippen MR) is 150 cm³/mol. The molecule has 1 aromatic heterocycles.